The Labute approximate surface area is 76.7 Å². The molecule has 0 aliphatic heterocycles. The Balaban J connectivity index is 2.35. The van der Waals surface area contributed by atoms with Crippen LogP contribution in [0.5, 0.6) is 0 Å². The molecule has 1 rings (SSSR count). The first kappa shape index (κ1) is 10.0. The van der Waals surface area contributed by atoms with Gasteiger partial charge in [-0.25, -0.2) is 0 Å². The molecule has 0 bridgehead atoms. The van der Waals surface area contributed by atoms with Crippen molar-refractivity contribution >= 4 is 0 Å². The average molecular weight is 169 g/mol. The molecule has 1 unspecified atom stereocenters. The van der Waals surface area contributed by atoms with Crippen LogP contribution in [0.4, 0.5) is 0 Å². The zero-order chi connectivity index (χ0) is 8.81. The third-order valence-corrected chi connectivity index (χ3v) is 3.39. The second kappa shape index (κ2) is 5.58. The molecule has 1 fully saturated rings. The van der Waals surface area contributed by atoms with Crippen molar-refractivity contribution < 1.29 is 0 Å². The van der Waals surface area contributed by atoms with E-state index in [1.165, 1.54) is 44.9 Å². The van der Waals surface area contributed by atoms with E-state index in [0.29, 0.717) is 0 Å². The lowest BCUT2D eigenvalue weighted by Gasteiger charge is -2.23. The highest BCUT2D eigenvalue weighted by molar-refractivity contribution is 4.72. The summed E-state index contributed by atoms with van der Waals surface area (Å²) >= 11 is 0. The summed E-state index contributed by atoms with van der Waals surface area (Å²) in [5, 5.41) is 0. The summed E-state index contributed by atoms with van der Waals surface area (Å²) < 4.78 is 0. The van der Waals surface area contributed by atoms with Gasteiger partial charge in [0.05, 0.1) is 0 Å². The van der Waals surface area contributed by atoms with Crippen LogP contribution < -0.4 is 5.73 Å². The van der Waals surface area contributed by atoms with Crippen molar-refractivity contribution in [2.45, 2.75) is 51.9 Å². The maximum Gasteiger partial charge on any atom is -0.00463 e. The molecule has 0 heterocycles. The van der Waals surface area contributed by atoms with Crippen LogP contribution in [0.15, 0.2) is 0 Å². The summed E-state index contributed by atoms with van der Waals surface area (Å²) in [4.78, 5) is 0. The second-order valence-electron chi connectivity index (χ2n) is 4.16. The first-order chi connectivity index (χ1) is 5.88. The van der Waals surface area contributed by atoms with E-state index in [-0.39, 0.29) is 0 Å². The zero-order valence-electron chi connectivity index (χ0n) is 8.39. The molecule has 0 aromatic rings. The quantitative estimate of drug-likeness (QED) is 0.646. The normalized spacial score (nSPS) is 23.5. The van der Waals surface area contributed by atoms with E-state index in [1.807, 2.05) is 0 Å². The maximum absolute atomic E-state index is 5.77. The number of hydrogen-bond donors (Lipinski definition) is 1. The Morgan fingerprint density at radius 1 is 1.17 bits per heavy atom. The fourth-order valence-electron chi connectivity index (χ4n) is 2.47. The van der Waals surface area contributed by atoms with Crippen LogP contribution in [0.1, 0.15) is 51.9 Å². The molecule has 12 heavy (non-hydrogen) atoms. The van der Waals surface area contributed by atoms with Crippen molar-refractivity contribution in [2.75, 3.05) is 6.54 Å². The Kier molecular flexibility index (Phi) is 4.67. The molecule has 1 atom stereocenters. The molecule has 0 spiro atoms. The number of rotatable bonds is 3. The highest BCUT2D eigenvalue weighted by atomic mass is 14.6. The lowest BCUT2D eigenvalue weighted by molar-refractivity contribution is 0.296. The van der Waals surface area contributed by atoms with Gasteiger partial charge in [-0.3, -0.25) is 0 Å². The van der Waals surface area contributed by atoms with Crippen molar-refractivity contribution in [3.63, 3.8) is 0 Å². The number of nitrogens with two attached hydrogens (primary N) is 1. The molecule has 1 heteroatoms. The predicted octanol–water partition coefficient (Wildman–Crippen LogP) is 2.94. The van der Waals surface area contributed by atoms with Gasteiger partial charge in [0.15, 0.2) is 0 Å². The lowest BCUT2D eigenvalue weighted by atomic mass is 9.84. The van der Waals surface area contributed by atoms with Crippen molar-refractivity contribution in [2.24, 2.45) is 17.6 Å². The van der Waals surface area contributed by atoms with Gasteiger partial charge in [-0.05, 0) is 18.4 Å². The smallest absolute Gasteiger partial charge is 0.00463 e. The van der Waals surface area contributed by atoms with Crippen LogP contribution in [0.3, 0.4) is 0 Å². The van der Waals surface area contributed by atoms with Crippen LogP contribution in [0.2, 0.25) is 0 Å². The van der Waals surface area contributed by atoms with E-state index in [0.717, 1.165) is 18.4 Å². The molecule has 1 aliphatic rings. The maximum atomic E-state index is 5.77. The molecule has 0 aromatic carbocycles. The van der Waals surface area contributed by atoms with E-state index >= 15 is 0 Å². The summed E-state index contributed by atoms with van der Waals surface area (Å²) in [5.41, 5.74) is 5.77. The predicted molar refractivity (Wildman–Crippen MR) is 54.0 cm³/mol. The SMILES string of the molecule is CCC(CN)C1CCCCCC1. The molecule has 2 N–H and O–H groups in total. The molecule has 0 saturated heterocycles. The highest BCUT2D eigenvalue weighted by Gasteiger charge is 2.19. The summed E-state index contributed by atoms with van der Waals surface area (Å²) in [5.74, 6) is 1.76. The van der Waals surface area contributed by atoms with E-state index in [1.54, 1.807) is 0 Å². The van der Waals surface area contributed by atoms with Crippen molar-refractivity contribution in [1.29, 1.82) is 0 Å². The Morgan fingerprint density at radius 2 is 1.75 bits per heavy atom. The van der Waals surface area contributed by atoms with E-state index in [2.05, 4.69) is 6.92 Å². The lowest BCUT2D eigenvalue weighted by Crippen LogP contribution is -2.22. The molecule has 72 valence electrons. The first-order valence-electron chi connectivity index (χ1n) is 5.58. The van der Waals surface area contributed by atoms with E-state index in [4.69, 9.17) is 5.73 Å². The summed E-state index contributed by atoms with van der Waals surface area (Å²) in [6, 6.07) is 0. The minimum atomic E-state index is 0.808. The van der Waals surface area contributed by atoms with Crippen molar-refractivity contribution in [3.8, 4) is 0 Å². The van der Waals surface area contributed by atoms with Crippen LogP contribution in [0.25, 0.3) is 0 Å². The van der Waals surface area contributed by atoms with Crippen molar-refractivity contribution in [3.05, 3.63) is 0 Å². The van der Waals surface area contributed by atoms with Gasteiger partial charge in [-0.2, -0.15) is 0 Å². The van der Waals surface area contributed by atoms with Crippen molar-refractivity contribution in [1.82, 2.24) is 0 Å². The Bertz CT molecular complexity index is 99.6. The molecule has 0 radical (unpaired) electrons. The van der Waals surface area contributed by atoms with Crippen LogP contribution in [-0.2, 0) is 0 Å². The third-order valence-electron chi connectivity index (χ3n) is 3.39. The minimum Gasteiger partial charge on any atom is -0.330 e. The standard InChI is InChI=1S/C11H23N/c1-2-10(9-12)11-7-5-3-4-6-8-11/h10-11H,2-9,12H2,1H3. The van der Waals surface area contributed by atoms with Crippen LogP contribution in [0, 0.1) is 11.8 Å². The molecule has 1 saturated carbocycles. The Morgan fingerprint density at radius 3 is 2.17 bits per heavy atom. The zero-order valence-corrected chi connectivity index (χ0v) is 8.39. The highest BCUT2D eigenvalue weighted by Crippen LogP contribution is 2.29. The summed E-state index contributed by atoms with van der Waals surface area (Å²) in [7, 11) is 0. The van der Waals surface area contributed by atoms with E-state index < -0.39 is 0 Å². The van der Waals surface area contributed by atoms with Gasteiger partial charge in [0.1, 0.15) is 0 Å². The topological polar surface area (TPSA) is 26.0 Å². The van der Waals surface area contributed by atoms with Crippen LogP contribution in [-0.4, -0.2) is 6.54 Å². The van der Waals surface area contributed by atoms with Gasteiger partial charge < -0.3 is 5.73 Å². The third kappa shape index (κ3) is 2.78. The van der Waals surface area contributed by atoms with Gasteiger partial charge in [-0.1, -0.05) is 51.9 Å². The fourth-order valence-corrected chi connectivity index (χ4v) is 2.47. The average Bonchev–Trinajstić information content (AvgIpc) is 2.35. The van der Waals surface area contributed by atoms with Gasteiger partial charge >= 0.3 is 0 Å². The Hall–Kier alpha value is -0.0400. The molecular formula is C11H23N. The largest absolute Gasteiger partial charge is 0.330 e. The second-order valence-corrected chi connectivity index (χ2v) is 4.16. The van der Waals surface area contributed by atoms with Gasteiger partial charge in [0, 0.05) is 0 Å². The number of hydrogen-bond acceptors (Lipinski definition) is 1. The summed E-state index contributed by atoms with van der Waals surface area (Å²) in [6.07, 6.45) is 9.96. The molecule has 0 amide bonds. The molecule has 0 aromatic heterocycles. The van der Waals surface area contributed by atoms with Crippen LogP contribution >= 0.6 is 0 Å². The van der Waals surface area contributed by atoms with Gasteiger partial charge in [-0.15, -0.1) is 0 Å². The fraction of sp³-hybridized carbons (Fsp3) is 1.00. The first-order valence-corrected chi connectivity index (χ1v) is 5.58. The van der Waals surface area contributed by atoms with Gasteiger partial charge in [0.2, 0.25) is 0 Å². The molecule has 1 aliphatic carbocycles. The summed E-state index contributed by atoms with van der Waals surface area (Å²) in [6.45, 7) is 3.18. The minimum absolute atomic E-state index is 0.808. The molecular weight excluding hydrogens is 146 g/mol. The monoisotopic (exact) mass is 169 g/mol. The van der Waals surface area contributed by atoms with E-state index in [9.17, 15) is 0 Å². The molecule has 1 nitrogen and oxygen atoms in total. The van der Waals surface area contributed by atoms with Gasteiger partial charge in [0.25, 0.3) is 0 Å².